The van der Waals surface area contributed by atoms with E-state index in [2.05, 4.69) is 18.0 Å². The first-order valence-corrected chi connectivity index (χ1v) is 3.24. The van der Waals surface area contributed by atoms with Crippen LogP contribution in [0.3, 0.4) is 0 Å². The van der Waals surface area contributed by atoms with E-state index in [9.17, 15) is 0 Å². The second kappa shape index (κ2) is 9.93. The summed E-state index contributed by atoms with van der Waals surface area (Å²) in [4.78, 5) is 9.00. The van der Waals surface area contributed by atoms with E-state index in [1.54, 1.807) is 14.2 Å². The minimum absolute atomic E-state index is 0.591. The second-order valence-electron chi connectivity index (χ2n) is 2.02. The van der Waals surface area contributed by atoms with Crippen molar-refractivity contribution >= 4 is 6.03 Å². The average Bonchev–Trinajstić information content (AvgIpc) is 1.87. The van der Waals surface area contributed by atoms with Gasteiger partial charge in [0, 0.05) is 14.2 Å². The number of carbonyl (C=O) groups excluding carboxylic acids is 1. The molecule has 0 fully saturated rings. The van der Waals surface area contributed by atoms with Gasteiger partial charge in [0.2, 0.25) is 0 Å². The quantitative estimate of drug-likeness (QED) is 0.584. The van der Waals surface area contributed by atoms with Crippen molar-refractivity contribution in [2.45, 2.75) is 0 Å². The fourth-order valence-electron chi connectivity index (χ4n) is 0.450. The Morgan fingerprint density at radius 3 is 1.67 bits per heavy atom. The van der Waals surface area contributed by atoms with Crippen molar-refractivity contribution in [2.75, 3.05) is 27.4 Å². The van der Waals surface area contributed by atoms with Crippen LogP contribution >= 0.6 is 0 Å². The Bertz CT molecular complexity index is 125. The summed E-state index contributed by atoms with van der Waals surface area (Å²) in [5.41, 5.74) is 9.47. The highest BCUT2D eigenvalue weighted by Crippen LogP contribution is 1.88. The third-order valence-electron chi connectivity index (χ3n) is 0.697. The van der Waals surface area contributed by atoms with Crippen LogP contribution in [0.5, 0.6) is 0 Å². The molecule has 0 radical (unpaired) electrons. The van der Waals surface area contributed by atoms with Crippen molar-refractivity contribution < 1.29 is 14.3 Å². The molecular formula is C7H16N2O3. The summed E-state index contributed by atoms with van der Waals surface area (Å²) in [7, 11) is 3.28. The molecule has 0 saturated carbocycles. The Labute approximate surface area is 72.3 Å². The molecule has 0 aromatic carbocycles. The summed E-state index contributed by atoms with van der Waals surface area (Å²) in [5.74, 6) is 0. The van der Waals surface area contributed by atoms with Crippen molar-refractivity contribution in [1.29, 1.82) is 0 Å². The molecule has 0 bridgehead atoms. The number of amides is 2. The van der Waals surface area contributed by atoms with Gasteiger partial charge in [-0.15, -0.1) is 0 Å². The smallest absolute Gasteiger partial charge is 0.309 e. The normalized spacial score (nSPS) is 8.17. The van der Waals surface area contributed by atoms with Crippen molar-refractivity contribution in [1.82, 2.24) is 0 Å². The van der Waals surface area contributed by atoms with Crippen LogP contribution in [0.15, 0.2) is 12.2 Å². The zero-order valence-corrected chi connectivity index (χ0v) is 7.50. The van der Waals surface area contributed by atoms with E-state index in [-0.39, 0.29) is 0 Å². The van der Waals surface area contributed by atoms with Crippen LogP contribution in [0.2, 0.25) is 0 Å². The van der Waals surface area contributed by atoms with Crippen molar-refractivity contribution in [2.24, 2.45) is 11.5 Å². The van der Waals surface area contributed by atoms with Gasteiger partial charge in [-0.2, -0.15) is 0 Å². The van der Waals surface area contributed by atoms with Crippen LogP contribution in [-0.2, 0) is 9.47 Å². The third kappa shape index (κ3) is 23.1. The van der Waals surface area contributed by atoms with Crippen molar-refractivity contribution in [3.63, 3.8) is 0 Å². The van der Waals surface area contributed by atoms with Gasteiger partial charge in [0.05, 0.1) is 13.2 Å². The molecule has 0 aromatic rings. The van der Waals surface area contributed by atoms with Crippen LogP contribution in [0, 0.1) is 0 Å². The first kappa shape index (κ1) is 13.5. The Kier molecular flexibility index (Phi) is 11.2. The van der Waals surface area contributed by atoms with Crippen LogP contribution in [0.25, 0.3) is 0 Å². The molecule has 0 aliphatic heterocycles. The van der Waals surface area contributed by atoms with E-state index < -0.39 is 6.03 Å². The highest BCUT2D eigenvalue weighted by Gasteiger charge is 1.88. The standard InChI is InChI=1S/C6H12O2.CH4N2O/c1-6(4-7-2)5-8-3;2-1(3)4/h1,4-5H2,2-3H3;(H4,2,3,4). The number of methoxy groups -OCH3 is 2. The molecule has 0 unspecified atom stereocenters. The van der Waals surface area contributed by atoms with Crippen LogP contribution in [0.1, 0.15) is 0 Å². The zero-order valence-electron chi connectivity index (χ0n) is 7.50. The molecule has 72 valence electrons. The molecule has 0 rings (SSSR count). The summed E-state index contributed by atoms with van der Waals surface area (Å²) in [5, 5.41) is 0. The van der Waals surface area contributed by atoms with E-state index in [0.717, 1.165) is 5.57 Å². The maximum Gasteiger partial charge on any atom is 0.309 e. The number of hydrogen-bond donors (Lipinski definition) is 2. The lowest BCUT2D eigenvalue weighted by atomic mass is 10.3. The van der Waals surface area contributed by atoms with E-state index in [0.29, 0.717) is 13.2 Å². The Morgan fingerprint density at radius 2 is 1.50 bits per heavy atom. The number of hydrogen-bond acceptors (Lipinski definition) is 3. The monoisotopic (exact) mass is 176 g/mol. The number of nitrogens with two attached hydrogens (primary N) is 2. The molecule has 2 amide bonds. The molecule has 5 heteroatoms. The topological polar surface area (TPSA) is 87.6 Å². The second-order valence-corrected chi connectivity index (χ2v) is 2.02. The van der Waals surface area contributed by atoms with Gasteiger partial charge in [-0.25, -0.2) is 4.79 Å². The Morgan fingerprint density at radius 1 is 1.25 bits per heavy atom. The summed E-state index contributed by atoms with van der Waals surface area (Å²) in [6.45, 7) is 4.87. The molecule has 0 atom stereocenters. The Balaban J connectivity index is 0. The molecule has 0 heterocycles. The predicted octanol–water partition coefficient (Wildman–Crippen LogP) is -0.141. The van der Waals surface area contributed by atoms with E-state index in [1.165, 1.54) is 0 Å². The molecule has 0 saturated heterocycles. The summed E-state index contributed by atoms with van der Waals surface area (Å²) in [6.07, 6.45) is 0. The van der Waals surface area contributed by atoms with Gasteiger partial charge in [-0.1, -0.05) is 6.58 Å². The number of carbonyl (C=O) groups is 1. The number of primary amides is 2. The molecule has 0 spiro atoms. The lowest BCUT2D eigenvalue weighted by Gasteiger charge is -1.99. The van der Waals surface area contributed by atoms with Crippen LogP contribution in [0.4, 0.5) is 4.79 Å². The maximum atomic E-state index is 9.00. The average molecular weight is 176 g/mol. The van der Waals surface area contributed by atoms with Gasteiger partial charge < -0.3 is 20.9 Å². The molecule has 0 aliphatic rings. The first-order valence-electron chi connectivity index (χ1n) is 3.24. The summed E-state index contributed by atoms with van der Waals surface area (Å²) >= 11 is 0. The fraction of sp³-hybridized carbons (Fsp3) is 0.571. The largest absolute Gasteiger partial charge is 0.380 e. The van der Waals surface area contributed by atoms with Gasteiger partial charge in [0.25, 0.3) is 0 Å². The van der Waals surface area contributed by atoms with Crippen LogP contribution in [-0.4, -0.2) is 33.5 Å². The first-order chi connectivity index (χ1) is 5.54. The molecule has 4 N–H and O–H groups in total. The predicted molar refractivity (Wildman–Crippen MR) is 46.7 cm³/mol. The maximum absolute atomic E-state index is 9.00. The number of urea groups is 1. The third-order valence-corrected chi connectivity index (χ3v) is 0.697. The van der Waals surface area contributed by atoms with Crippen molar-refractivity contribution in [3.8, 4) is 0 Å². The highest BCUT2D eigenvalue weighted by molar-refractivity contribution is 5.69. The van der Waals surface area contributed by atoms with Gasteiger partial charge in [0.1, 0.15) is 0 Å². The van der Waals surface area contributed by atoms with Gasteiger partial charge in [-0.3, -0.25) is 0 Å². The summed E-state index contributed by atoms with van der Waals surface area (Å²) < 4.78 is 9.55. The number of rotatable bonds is 4. The zero-order chi connectivity index (χ0) is 9.98. The Hall–Kier alpha value is -1.07. The lowest BCUT2D eigenvalue weighted by Crippen LogP contribution is -2.18. The molecule has 12 heavy (non-hydrogen) atoms. The SMILES string of the molecule is C=C(COC)COC.NC(N)=O. The van der Waals surface area contributed by atoms with E-state index in [4.69, 9.17) is 14.3 Å². The van der Waals surface area contributed by atoms with E-state index >= 15 is 0 Å². The molecule has 0 aromatic heterocycles. The van der Waals surface area contributed by atoms with Gasteiger partial charge >= 0.3 is 6.03 Å². The van der Waals surface area contributed by atoms with Crippen molar-refractivity contribution in [3.05, 3.63) is 12.2 Å². The minimum Gasteiger partial charge on any atom is -0.380 e. The molecule has 5 nitrogen and oxygen atoms in total. The van der Waals surface area contributed by atoms with E-state index in [1.807, 2.05) is 0 Å². The molecule has 0 aliphatic carbocycles. The summed E-state index contributed by atoms with van der Waals surface area (Å²) in [6, 6.07) is -0.833. The van der Waals surface area contributed by atoms with Crippen LogP contribution < -0.4 is 11.5 Å². The number of ether oxygens (including phenoxy) is 2. The molecular weight excluding hydrogens is 160 g/mol. The highest BCUT2D eigenvalue weighted by atomic mass is 16.5. The lowest BCUT2D eigenvalue weighted by molar-refractivity contribution is 0.182. The minimum atomic E-state index is -0.833. The van der Waals surface area contributed by atoms with Gasteiger partial charge in [-0.05, 0) is 5.57 Å². The fourth-order valence-corrected chi connectivity index (χ4v) is 0.450. The van der Waals surface area contributed by atoms with Gasteiger partial charge in [0.15, 0.2) is 0 Å².